The first-order valence-corrected chi connectivity index (χ1v) is 11.9. The molecule has 9 heteroatoms. The van der Waals surface area contributed by atoms with Crippen LogP contribution < -0.4 is 0 Å². The highest BCUT2D eigenvalue weighted by atomic mass is 127. The summed E-state index contributed by atoms with van der Waals surface area (Å²) in [6, 6.07) is 11.8. The molecule has 2 aromatic rings. The van der Waals surface area contributed by atoms with E-state index >= 15 is 0 Å². The zero-order valence-corrected chi connectivity index (χ0v) is 18.8. The number of aliphatic carboxylic acids is 1. The molecule has 1 saturated heterocycles. The van der Waals surface area contributed by atoms with Crippen LogP contribution in [-0.4, -0.2) is 44.5 Å². The fraction of sp³-hybridized carbons (Fsp3) is 0.278. The molecule has 1 aliphatic rings. The van der Waals surface area contributed by atoms with Crippen molar-refractivity contribution >= 4 is 61.7 Å². The first kappa shape index (κ1) is 20.9. The van der Waals surface area contributed by atoms with Crippen molar-refractivity contribution in [3.63, 3.8) is 0 Å². The number of benzene rings is 1. The Morgan fingerprint density at radius 3 is 2.85 bits per heavy atom. The fourth-order valence-corrected chi connectivity index (χ4v) is 5.90. The molecule has 0 saturated carbocycles. The van der Waals surface area contributed by atoms with Crippen LogP contribution in [0, 0.1) is 3.57 Å². The lowest BCUT2D eigenvalue weighted by Crippen LogP contribution is -2.36. The summed E-state index contributed by atoms with van der Waals surface area (Å²) in [7, 11) is 3.13. The van der Waals surface area contributed by atoms with Gasteiger partial charge in [0.25, 0.3) is 0 Å². The van der Waals surface area contributed by atoms with Gasteiger partial charge in [0, 0.05) is 34.5 Å². The topological polar surface area (TPSA) is 66.3 Å². The summed E-state index contributed by atoms with van der Waals surface area (Å²) >= 11 is 8.11. The van der Waals surface area contributed by atoms with Gasteiger partial charge in [-0.2, -0.15) is 0 Å². The molecule has 1 aromatic heterocycles. The molecule has 0 aliphatic carbocycles. The Morgan fingerprint density at radius 2 is 2.15 bits per heavy atom. The van der Waals surface area contributed by atoms with Gasteiger partial charge in [0.1, 0.15) is 5.03 Å². The Hall–Kier alpha value is -0.810. The lowest BCUT2D eigenvalue weighted by molar-refractivity contribution is -0.131. The maximum atomic E-state index is 11.3. The largest absolute Gasteiger partial charge is 0.478 e. The van der Waals surface area contributed by atoms with Crippen LogP contribution >= 0.6 is 55.8 Å². The zero-order chi connectivity index (χ0) is 19.2. The second kappa shape index (κ2) is 10.1. The van der Waals surface area contributed by atoms with Crippen molar-refractivity contribution in [1.82, 2.24) is 15.1 Å². The number of hydrogen-bond donors (Lipinski definition) is 1. The fourth-order valence-electron chi connectivity index (χ4n) is 2.79. The molecule has 1 fully saturated rings. The third kappa shape index (κ3) is 6.35. The van der Waals surface area contributed by atoms with Crippen molar-refractivity contribution in [3.05, 3.63) is 62.3 Å². The van der Waals surface area contributed by atoms with E-state index in [2.05, 4.69) is 49.8 Å². The van der Waals surface area contributed by atoms with E-state index in [1.165, 1.54) is 26.0 Å². The third-order valence-corrected chi connectivity index (χ3v) is 8.05. The number of rotatable bonds is 6. The number of carboxylic acid groups (broad SMARTS) is 1. The third-order valence-electron chi connectivity index (χ3n) is 4.05. The second-order valence-electron chi connectivity index (χ2n) is 6.01. The highest BCUT2D eigenvalue weighted by molar-refractivity contribution is 14.1. The minimum absolute atomic E-state index is 0.134. The number of carboxylic acids is 1. The predicted molar refractivity (Wildman–Crippen MR) is 119 cm³/mol. The molecule has 1 atom stereocenters. The van der Waals surface area contributed by atoms with Crippen molar-refractivity contribution < 1.29 is 9.90 Å². The van der Waals surface area contributed by atoms with Crippen LogP contribution in [0.2, 0.25) is 5.15 Å². The number of piperidine rings is 1. The van der Waals surface area contributed by atoms with Crippen molar-refractivity contribution in [2.45, 2.75) is 23.2 Å². The van der Waals surface area contributed by atoms with Gasteiger partial charge >= 0.3 is 5.97 Å². The summed E-state index contributed by atoms with van der Waals surface area (Å²) < 4.78 is 1.23. The zero-order valence-electron chi connectivity index (χ0n) is 14.2. The van der Waals surface area contributed by atoms with Gasteiger partial charge in [0.05, 0.1) is 0 Å². The van der Waals surface area contributed by atoms with Gasteiger partial charge in [-0.1, -0.05) is 40.6 Å². The van der Waals surface area contributed by atoms with Crippen molar-refractivity contribution in [1.29, 1.82) is 0 Å². The molecular formula is C18H17ClIN3O2S2. The molecular weight excluding hydrogens is 517 g/mol. The Bertz CT molecular complexity index is 836. The van der Waals surface area contributed by atoms with E-state index in [-0.39, 0.29) is 5.25 Å². The van der Waals surface area contributed by atoms with E-state index in [0.717, 1.165) is 30.1 Å². The van der Waals surface area contributed by atoms with Crippen LogP contribution in [0.1, 0.15) is 12.0 Å². The van der Waals surface area contributed by atoms with E-state index in [9.17, 15) is 9.90 Å². The smallest absolute Gasteiger partial charge is 0.328 e. The lowest BCUT2D eigenvalue weighted by Gasteiger charge is -2.33. The summed E-state index contributed by atoms with van der Waals surface area (Å²) in [5.74, 6) is -0.900. The molecule has 5 nitrogen and oxygen atoms in total. The summed E-state index contributed by atoms with van der Waals surface area (Å²) in [5.41, 5.74) is 2.20. The average molecular weight is 534 g/mol. The molecule has 142 valence electrons. The molecule has 2 heterocycles. The molecule has 1 aliphatic heterocycles. The van der Waals surface area contributed by atoms with Gasteiger partial charge in [-0.25, -0.2) is 4.79 Å². The van der Waals surface area contributed by atoms with Gasteiger partial charge in [-0.05, 0) is 69.1 Å². The number of hydrogen-bond acceptors (Lipinski definition) is 6. The van der Waals surface area contributed by atoms with E-state index < -0.39 is 5.97 Å². The summed E-state index contributed by atoms with van der Waals surface area (Å²) in [6.07, 6.45) is 2.25. The van der Waals surface area contributed by atoms with Crippen molar-refractivity contribution in [2.75, 3.05) is 13.1 Å². The Kier molecular flexibility index (Phi) is 7.83. The summed E-state index contributed by atoms with van der Waals surface area (Å²) in [5, 5.41) is 18.4. The number of aromatic nitrogens is 2. The van der Waals surface area contributed by atoms with Gasteiger partial charge in [-0.15, -0.1) is 10.2 Å². The van der Waals surface area contributed by atoms with E-state index in [1.807, 2.05) is 18.2 Å². The maximum absolute atomic E-state index is 11.3. The van der Waals surface area contributed by atoms with Gasteiger partial charge < -0.3 is 5.11 Å². The van der Waals surface area contributed by atoms with Crippen LogP contribution in [0.15, 0.2) is 53.1 Å². The Labute approximate surface area is 184 Å². The molecule has 1 N–H and O–H groups in total. The highest BCUT2D eigenvalue weighted by Crippen LogP contribution is 2.40. The molecule has 1 aromatic carbocycles. The molecule has 0 radical (unpaired) electrons. The van der Waals surface area contributed by atoms with Crippen molar-refractivity contribution in [2.24, 2.45) is 0 Å². The van der Waals surface area contributed by atoms with E-state index in [4.69, 9.17) is 11.6 Å². The minimum atomic E-state index is -0.900. The number of halogens is 2. The maximum Gasteiger partial charge on any atom is 0.328 e. The lowest BCUT2D eigenvalue weighted by atomic mass is 10.0. The minimum Gasteiger partial charge on any atom is -0.478 e. The molecule has 0 amide bonds. The number of nitrogens with zero attached hydrogens (tertiary/aromatic N) is 3. The number of carbonyl (C=O) groups is 1. The quantitative estimate of drug-likeness (QED) is 0.326. The highest BCUT2D eigenvalue weighted by Gasteiger charge is 2.26. The first-order valence-electron chi connectivity index (χ1n) is 8.23. The monoisotopic (exact) mass is 533 g/mol. The van der Waals surface area contributed by atoms with Crippen LogP contribution in [0.4, 0.5) is 0 Å². The average Bonchev–Trinajstić information content (AvgIpc) is 2.64. The van der Waals surface area contributed by atoms with Crippen molar-refractivity contribution in [3.8, 4) is 0 Å². The summed E-state index contributed by atoms with van der Waals surface area (Å²) in [6.45, 7) is 2.40. The standard InChI is InChI=1S/C18H17ClIN3O2S2/c19-16-5-6-17(22-21-16)27-26-15-7-8-23(11-13(15)9-18(24)25)10-12-3-1-2-4-14(12)20/h1-6,9,15H,7-8,10-11H2,(H,24,25)/b13-9-. The molecule has 0 spiro atoms. The van der Waals surface area contributed by atoms with E-state index in [0.29, 0.717) is 11.7 Å². The number of likely N-dealkylation sites (tertiary alicyclic amines) is 1. The van der Waals surface area contributed by atoms with E-state index in [1.54, 1.807) is 16.9 Å². The SMILES string of the molecule is O=C(O)/C=C1/CN(Cc2ccccc2I)CCC1SSc1ccc(Cl)nn1. The Morgan fingerprint density at radius 1 is 1.33 bits per heavy atom. The molecule has 3 rings (SSSR count). The van der Waals surface area contributed by atoms with Gasteiger partial charge in [0.2, 0.25) is 0 Å². The molecule has 1 unspecified atom stereocenters. The van der Waals surface area contributed by atoms with Crippen LogP contribution in [0.5, 0.6) is 0 Å². The summed E-state index contributed by atoms with van der Waals surface area (Å²) in [4.78, 5) is 13.6. The van der Waals surface area contributed by atoms with Gasteiger partial charge in [0.15, 0.2) is 5.15 Å². The van der Waals surface area contributed by atoms with Crippen LogP contribution in [-0.2, 0) is 11.3 Å². The normalized spacial score (nSPS) is 19.3. The predicted octanol–water partition coefficient (Wildman–Crippen LogP) is 4.76. The Balaban J connectivity index is 1.65. The molecule has 27 heavy (non-hydrogen) atoms. The van der Waals surface area contributed by atoms with Crippen LogP contribution in [0.25, 0.3) is 0 Å². The second-order valence-corrected chi connectivity index (χ2v) is 9.98. The molecule has 0 bridgehead atoms. The van der Waals surface area contributed by atoms with Crippen LogP contribution in [0.3, 0.4) is 0 Å². The van der Waals surface area contributed by atoms with Gasteiger partial charge in [-0.3, -0.25) is 4.90 Å². The first-order chi connectivity index (χ1) is 13.0.